The molecule has 0 aliphatic heterocycles. The highest BCUT2D eigenvalue weighted by atomic mass is 32.2. The van der Waals surface area contributed by atoms with E-state index in [9.17, 15) is 8.42 Å². The average Bonchev–Trinajstić information content (AvgIpc) is 3.14. The van der Waals surface area contributed by atoms with E-state index in [2.05, 4.69) is 31.1 Å². The molecule has 0 bridgehead atoms. The van der Waals surface area contributed by atoms with E-state index in [0.29, 0.717) is 28.3 Å². The molecule has 1 heterocycles. The van der Waals surface area contributed by atoms with Crippen LogP contribution in [0, 0.1) is 26.7 Å². The fourth-order valence-corrected chi connectivity index (χ4v) is 5.39. The van der Waals surface area contributed by atoms with Crippen LogP contribution < -0.4 is 4.47 Å². The number of aryl methyl sites for hydroxylation is 2. The molecule has 3 rings (SSSR count). The van der Waals surface area contributed by atoms with Gasteiger partial charge >= 0.3 is 0 Å². The lowest BCUT2D eigenvalue weighted by Crippen LogP contribution is -2.33. The molecule has 3 aromatic rings. The lowest BCUT2D eigenvalue weighted by molar-refractivity contribution is 0.0727. The van der Waals surface area contributed by atoms with E-state index in [0.717, 1.165) is 22.9 Å². The van der Waals surface area contributed by atoms with Gasteiger partial charge in [-0.1, -0.05) is 67.9 Å². The van der Waals surface area contributed by atoms with Gasteiger partial charge in [-0.15, -0.1) is 4.47 Å². The molecule has 0 radical (unpaired) electrons. The topological polar surface area (TPSA) is 81.9 Å². The van der Waals surface area contributed by atoms with E-state index in [4.69, 9.17) is 14.1 Å². The fraction of sp³-hybridized carbons (Fsp3) is 0.423. The van der Waals surface area contributed by atoms with Crippen LogP contribution in [0.25, 0.3) is 11.1 Å². The van der Waals surface area contributed by atoms with E-state index < -0.39 is 10.0 Å². The van der Waals surface area contributed by atoms with Crippen LogP contribution in [-0.4, -0.2) is 33.9 Å². The standard InChI is InChI=1S/C26H34N2O5S/c1-7-18(2)17-22-11-13-23(14-12-22)24-10-8-9-19(3)25(24)34(29,30)28(32-16-15-31-6)26-20(4)21(5)27-33-26/h8-14,18H,7,15-17H2,1-6H3. The third-order valence-electron chi connectivity index (χ3n) is 6.03. The molecule has 0 spiro atoms. The first-order valence-electron chi connectivity index (χ1n) is 11.5. The quantitative estimate of drug-likeness (QED) is 0.258. The van der Waals surface area contributed by atoms with Crippen molar-refractivity contribution in [3.8, 4) is 11.1 Å². The molecule has 34 heavy (non-hydrogen) atoms. The molecule has 184 valence electrons. The number of sulfonamides is 1. The molecule has 1 atom stereocenters. The van der Waals surface area contributed by atoms with Crippen LogP contribution in [0.3, 0.4) is 0 Å². The van der Waals surface area contributed by atoms with Gasteiger partial charge in [0.25, 0.3) is 15.9 Å². The predicted octanol–water partition coefficient (Wildman–Crippen LogP) is 5.63. The summed E-state index contributed by atoms with van der Waals surface area (Å²) in [5.41, 5.74) is 4.43. The Balaban J connectivity index is 2.09. The summed E-state index contributed by atoms with van der Waals surface area (Å²) in [6.07, 6.45) is 2.10. The van der Waals surface area contributed by atoms with Gasteiger partial charge in [-0.05, 0) is 49.8 Å². The van der Waals surface area contributed by atoms with Gasteiger partial charge in [-0.3, -0.25) is 4.84 Å². The molecule has 0 aliphatic rings. The van der Waals surface area contributed by atoms with E-state index in [1.807, 2.05) is 24.3 Å². The normalized spacial score (nSPS) is 12.6. The summed E-state index contributed by atoms with van der Waals surface area (Å²) in [6, 6.07) is 13.5. The molecule has 0 saturated heterocycles. The monoisotopic (exact) mass is 486 g/mol. The second kappa shape index (κ2) is 11.2. The number of aromatic nitrogens is 1. The number of hydrogen-bond acceptors (Lipinski definition) is 6. The maximum Gasteiger partial charge on any atom is 0.290 e. The second-order valence-corrected chi connectivity index (χ2v) is 10.3. The van der Waals surface area contributed by atoms with E-state index >= 15 is 0 Å². The van der Waals surface area contributed by atoms with E-state index in [-0.39, 0.29) is 24.0 Å². The van der Waals surface area contributed by atoms with E-state index in [1.54, 1.807) is 26.8 Å². The van der Waals surface area contributed by atoms with Gasteiger partial charge in [0.2, 0.25) is 0 Å². The largest absolute Gasteiger partial charge is 0.382 e. The summed E-state index contributed by atoms with van der Waals surface area (Å²) >= 11 is 0. The van der Waals surface area contributed by atoms with Gasteiger partial charge in [0.1, 0.15) is 4.90 Å². The SMILES string of the molecule is CCC(C)Cc1ccc(-c2cccc(C)c2S(=O)(=O)N(OCCOC)c2onc(C)c2C)cc1. The molecule has 0 amide bonds. The van der Waals surface area contributed by atoms with Gasteiger partial charge in [0.05, 0.1) is 18.9 Å². The number of benzene rings is 2. The van der Waals surface area contributed by atoms with Gasteiger partial charge < -0.3 is 9.26 Å². The van der Waals surface area contributed by atoms with Crippen LogP contribution in [0.15, 0.2) is 51.9 Å². The van der Waals surface area contributed by atoms with Gasteiger partial charge in [-0.25, -0.2) is 0 Å². The Morgan fingerprint density at radius 2 is 1.76 bits per heavy atom. The number of nitrogens with zero attached hydrogens (tertiary/aromatic N) is 2. The van der Waals surface area contributed by atoms with E-state index in [1.165, 1.54) is 12.7 Å². The van der Waals surface area contributed by atoms with Crippen molar-refractivity contribution < 1.29 is 22.5 Å². The van der Waals surface area contributed by atoms with Crippen molar-refractivity contribution in [3.05, 3.63) is 64.8 Å². The van der Waals surface area contributed by atoms with Crippen molar-refractivity contribution in [1.29, 1.82) is 0 Å². The Kier molecular flexibility index (Phi) is 8.52. The van der Waals surface area contributed by atoms with Crippen molar-refractivity contribution >= 4 is 15.9 Å². The Hall–Kier alpha value is -2.68. The molecular formula is C26H34N2O5S. The Bertz CT molecular complexity index is 1200. The van der Waals surface area contributed by atoms with Crippen LogP contribution in [0.2, 0.25) is 0 Å². The van der Waals surface area contributed by atoms with Crippen molar-refractivity contribution in [2.45, 2.75) is 52.4 Å². The number of ether oxygens (including phenoxy) is 1. The van der Waals surface area contributed by atoms with Gasteiger partial charge in [0.15, 0.2) is 0 Å². The highest BCUT2D eigenvalue weighted by Gasteiger charge is 2.34. The molecular weight excluding hydrogens is 452 g/mol. The minimum atomic E-state index is -4.16. The zero-order chi connectivity index (χ0) is 24.9. The Morgan fingerprint density at radius 3 is 2.35 bits per heavy atom. The summed E-state index contributed by atoms with van der Waals surface area (Å²) in [4.78, 5) is 5.85. The molecule has 0 fully saturated rings. The third-order valence-corrected chi connectivity index (χ3v) is 7.79. The maximum atomic E-state index is 14.0. The molecule has 0 saturated carbocycles. The first-order chi connectivity index (χ1) is 16.2. The summed E-state index contributed by atoms with van der Waals surface area (Å²) in [5, 5.41) is 3.92. The predicted molar refractivity (Wildman–Crippen MR) is 133 cm³/mol. The number of hydrogen-bond donors (Lipinski definition) is 0. The van der Waals surface area contributed by atoms with Crippen LogP contribution >= 0.6 is 0 Å². The van der Waals surface area contributed by atoms with Crippen molar-refractivity contribution in [2.24, 2.45) is 5.92 Å². The van der Waals surface area contributed by atoms with Crippen molar-refractivity contribution in [1.82, 2.24) is 5.16 Å². The Morgan fingerprint density at radius 1 is 1.06 bits per heavy atom. The summed E-state index contributed by atoms with van der Waals surface area (Å²) in [6.45, 7) is 9.93. The average molecular weight is 487 g/mol. The summed E-state index contributed by atoms with van der Waals surface area (Å²) < 4.78 is 39.3. The Labute approximate surface area is 202 Å². The number of rotatable bonds is 11. The van der Waals surface area contributed by atoms with Crippen molar-refractivity contribution in [3.63, 3.8) is 0 Å². The molecule has 8 heteroatoms. The first-order valence-corrected chi connectivity index (χ1v) is 12.9. The molecule has 1 unspecified atom stereocenters. The zero-order valence-electron chi connectivity index (χ0n) is 20.8. The minimum Gasteiger partial charge on any atom is -0.382 e. The van der Waals surface area contributed by atoms with Crippen LogP contribution in [0.1, 0.15) is 42.7 Å². The molecule has 2 aromatic carbocycles. The molecule has 0 N–H and O–H groups in total. The second-order valence-electron chi connectivity index (χ2n) is 8.62. The highest BCUT2D eigenvalue weighted by Crippen LogP contribution is 2.36. The highest BCUT2D eigenvalue weighted by molar-refractivity contribution is 7.92. The number of methoxy groups -OCH3 is 1. The first kappa shape index (κ1) is 25.9. The molecule has 1 aromatic heterocycles. The minimum absolute atomic E-state index is 0.0282. The number of anilines is 1. The molecule has 0 aliphatic carbocycles. The van der Waals surface area contributed by atoms with Crippen LogP contribution in [0.5, 0.6) is 0 Å². The van der Waals surface area contributed by atoms with Crippen LogP contribution in [-0.2, 0) is 26.0 Å². The lowest BCUT2D eigenvalue weighted by Gasteiger charge is -2.23. The van der Waals surface area contributed by atoms with Gasteiger partial charge in [0, 0.05) is 18.2 Å². The fourth-order valence-electron chi connectivity index (χ4n) is 3.69. The molecule has 7 nitrogen and oxygen atoms in total. The smallest absolute Gasteiger partial charge is 0.290 e. The summed E-state index contributed by atoms with van der Waals surface area (Å²) in [5.74, 6) is 0.624. The lowest BCUT2D eigenvalue weighted by atomic mass is 9.96. The van der Waals surface area contributed by atoms with Crippen molar-refractivity contribution in [2.75, 3.05) is 24.8 Å². The summed E-state index contributed by atoms with van der Waals surface area (Å²) in [7, 11) is -2.64. The van der Waals surface area contributed by atoms with Crippen LogP contribution in [0.4, 0.5) is 5.88 Å². The van der Waals surface area contributed by atoms with Gasteiger partial charge in [-0.2, -0.15) is 8.42 Å². The third kappa shape index (κ3) is 5.51. The zero-order valence-corrected chi connectivity index (χ0v) is 21.6. The maximum absolute atomic E-state index is 14.0.